The van der Waals surface area contributed by atoms with Crippen LogP contribution < -0.4 is 5.32 Å². The van der Waals surface area contributed by atoms with Gasteiger partial charge in [0.05, 0.1) is 5.56 Å². The average Bonchev–Trinajstić information content (AvgIpc) is 3.70. The van der Waals surface area contributed by atoms with E-state index in [1.807, 2.05) is 48.7 Å². The summed E-state index contributed by atoms with van der Waals surface area (Å²) in [4.78, 5) is 26.7. The van der Waals surface area contributed by atoms with Gasteiger partial charge in [-0.15, -0.1) is 0 Å². The molecule has 0 spiro atoms. The van der Waals surface area contributed by atoms with Gasteiger partial charge in [0.25, 0.3) is 0 Å². The van der Waals surface area contributed by atoms with Crippen molar-refractivity contribution in [2.75, 3.05) is 5.32 Å². The minimum atomic E-state index is -4.37. The second kappa shape index (κ2) is 11.1. The highest BCUT2D eigenvalue weighted by molar-refractivity contribution is 6.03. The number of rotatable bonds is 5. The van der Waals surface area contributed by atoms with Crippen LogP contribution in [0.4, 0.5) is 18.9 Å². The number of carbonyl (C=O) groups excluding carboxylic acids is 1. The third-order valence-corrected chi connectivity index (χ3v) is 5.95. The van der Waals surface area contributed by atoms with Crippen LogP contribution in [-0.2, 0) is 15.8 Å². The predicted molar refractivity (Wildman–Crippen MR) is 136 cm³/mol. The van der Waals surface area contributed by atoms with Crippen molar-refractivity contribution in [3.63, 3.8) is 0 Å². The first kappa shape index (κ1) is 25.6. The molecule has 5 rings (SSSR count). The van der Waals surface area contributed by atoms with Gasteiger partial charge in [0.15, 0.2) is 0 Å². The molecule has 1 heterocycles. The van der Waals surface area contributed by atoms with Crippen LogP contribution in [0.1, 0.15) is 29.0 Å². The first-order chi connectivity index (χ1) is 17.7. The molecule has 2 atom stereocenters. The summed E-state index contributed by atoms with van der Waals surface area (Å²) in [5.74, 6) is -0.592. The summed E-state index contributed by atoms with van der Waals surface area (Å²) in [6, 6.07) is 22.3. The van der Waals surface area contributed by atoms with Crippen LogP contribution in [0.15, 0.2) is 97.3 Å². The van der Waals surface area contributed by atoms with Crippen LogP contribution in [-0.4, -0.2) is 22.0 Å². The molecule has 4 aromatic rings. The van der Waals surface area contributed by atoms with E-state index in [1.165, 1.54) is 23.8 Å². The summed E-state index contributed by atoms with van der Waals surface area (Å²) in [5.41, 5.74) is 1.77. The van der Waals surface area contributed by atoms with E-state index in [2.05, 4.69) is 22.4 Å². The van der Waals surface area contributed by atoms with Crippen molar-refractivity contribution in [3.8, 4) is 0 Å². The van der Waals surface area contributed by atoms with Crippen molar-refractivity contribution in [1.29, 1.82) is 0 Å². The number of carbonyl (C=O) groups is 2. The highest BCUT2D eigenvalue weighted by atomic mass is 19.4. The molecule has 188 valence electrons. The van der Waals surface area contributed by atoms with Crippen LogP contribution in [0.25, 0.3) is 16.8 Å². The van der Waals surface area contributed by atoms with Gasteiger partial charge in [0.1, 0.15) is 0 Å². The van der Waals surface area contributed by atoms with E-state index in [9.17, 15) is 22.8 Å². The van der Waals surface area contributed by atoms with E-state index in [1.54, 1.807) is 6.20 Å². The monoisotopic (exact) mass is 504 g/mol. The number of hydrogen-bond acceptors (Lipinski definition) is 3. The minimum absolute atomic E-state index is 0.0829. The maximum absolute atomic E-state index is 12.5. The molecule has 0 saturated heterocycles. The number of pyridine rings is 1. The Kier molecular flexibility index (Phi) is 7.67. The number of amides is 1. The molecule has 1 fully saturated rings. The molecule has 1 aliphatic rings. The number of carboxylic acids is 1. The Bertz CT molecular complexity index is 1410. The molecule has 1 aromatic heterocycles. The summed E-state index contributed by atoms with van der Waals surface area (Å²) in [7, 11) is 0. The van der Waals surface area contributed by atoms with Crippen molar-refractivity contribution in [2.45, 2.75) is 18.5 Å². The van der Waals surface area contributed by atoms with E-state index in [0.717, 1.165) is 41.1 Å². The van der Waals surface area contributed by atoms with Crippen molar-refractivity contribution in [2.24, 2.45) is 5.92 Å². The summed E-state index contributed by atoms with van der Waals surface area (Å²) < 4.78 is 36.4. The van der Waals surface area contributed by atoms with Crippen molar-refractivity contribution in [3.05, 3.63) is 114 Å². The lowest BCUT2D eigenvalue weighted by Crippen LogP contribution is -2.14. The summed E-state index contributed by atoms with van der Waals surface area (Å²) in [6.07, 6.45) is 2.22. The van der Waals surface area contributed by atoms with Gasteiger partial charge in [-0.2, -0.15) is 13.2 Å². The highest BCUT2D eigenvalue weighted by Crippen LogP contribution is 2.48. The van der Waals surface area contributed by atoms with Gasteiger partial charge in [-0.3, -0.25) is 9.78 Å². The van der Waals surface area contributed by atoms with Gasteiger partial charge in [-0.1, -0.05) is 54.6 Å². The molecular formula is C29H23F3N2O3. The molecule has 0 aliphatic heterocycles. The molecule has 1 saturated carbocycles. The first-order valence-electron chi connectivity index (χ1n) is 11.5. The fourth-order valence-corrected chi connectivity index (χ4v) is 3.96. The molecule has 0 radical (unpaired) electrons. The van der Waals surface area contributed by atoms with Gasteiger partial charge in [0, 0.05) is 40.8 Å². The Hall–Kier alpha value is -4.46. The molecule has 2 N–H and O–H groups in total. The Morgan fingerprint density at radius 2 is 1.68 bits per heavy atom. The fourth-order valence-electron chi connectivity index (χ4n) is 3.96. The molecule has 2 unspecified atom stereocenters. The topological polar surface area (TPSA) is 79.3 Å². The third-order valence-electron chi connectivity index (χ3n) is 5.95. The standard InChI is InChI=1S/C19H16N2O.C10H7F3O2/c22-19(17-11-16(17)13-5-2-1-3-6-13)21-18-8-4-7-14-12-20-10-9-15(14)18;11-10(12,13)8-4-1-7(2-5-8)3-6-9(14)15/h1-10,12,16-17H,11H2,(H,21,22);1-6H,(H,14,15). The van der Waals surface area contributed by atoms with Crippen LogP contribution in [0.3, 0.4) is 0 Å². The van der Waals surface area contributed by atoms with Gasteiger partial charge in [-0.25, -0.2) is 4.79 Å². The van der Waals surface area contributed by atoms with Gasteiger partial charge in [-0.05, 0) is 53.8 Å². The Balaban J connectivity index is 0.000000188. The lowest BCUT2D eigenvalue weighted by Gasteiger charge is -2.08. The Morgan fingerprint density at radius 1 is 0.946 bits per heavy atom. The van der Waals surface area contributed by atoms with Crippen molar-refractivity contribution < 1.29 is 27.9 Å². The number of anilines is 1. The van der Waals surface area contributed by atoms with Gasteiger partial charge < -0.3 is 10.4 Å². The SMILES string of the molecule is O=C(Nc1cccc2cnccc12)C1CC1c1ccccc1.O=C(O)C=Cc1ccc(C(F)(F)F)cc1. The van der Waals surface area contributed by atoms with E-state index in [4.69, 9.17) is 5.11 Å². The zero-order valence-electron chi connectivity index (χ0n) is 19.5. The lowest BCUT2D eigenvalue weighted by molar-refractivity contribution is -0.137. The zero-order chi connectivity index (χ0) is 26.4. The number of hydrogen-bond donors (Lipinski definition) is 2. The summed E-state index contributed by atoms with van der Waals surface area (Å²) in [5, 5.41) is 13.4. The summed E-state index contributed by atoms with van der Waals surface area (Å²) >= 11 is 0. The van der Waals surface area contributed by atoms with Crippen LogP contribution >= 0.6 is 0 Å². The smallest absolute Gasteiger partial charge is 0.416 e. The number of aliphatic carboxylic acids is 1. The molecule has 1 aliphatic carbocycles. The Morgan fingerprint density at radius 3 is 2.35 bits per heavy atom. The second-order valence-corrected chi connectivity index (χ2v) is 8.54. The molecule has 37 heavy (non-hydrogen) atoms. The number of nitrogens with one attached hydrogen (secondary N) is 1. The quantitative estimate of drug-likeness (QED) is 0.294. The van der Waals surface area contributed by atoms with E-state index >= 15 is 0 Å². The van der Waals surface area contributed by atoms with Crippen LogP contribution in [0.2, 0.25) is 0 Å². The molecule has 8 heteroatoms. The maximum atomic E-state index is 12.5. The first-order valence-corrected chi connectivity index (χ1v) is 11.5. The lowest BCUT2D eigenvalue weighted by atomic mass is 10.1. The maximum Gasteiger partial charge on any atom is 0.416 e. The van der Waals surface area contributed by atoms with Crippen molar-refractivity contribution in [1.82, 2.24) is 4.98 Å². The van der Waals surface area contributed by atoms with Crippen LogP contribution in [0, 0.1) is 5.92 Å². The van der Waals surface area contributed by atoms with Crippen LogP contribution in [0.5, 0.6) is 0 Å². The van der Waals surface area contributed by atoms with E-state index < -0.39 is 17.7 Å². The predicted octanol–water partition coefficient (Wildman–Crippen LogP) is 6.78. The van der Waals surface area contributed by atoms with E-state index in [0.29, 0.717) is 11.5 Å². The molecule has 1 amide bonds. The Labute approximate surface area is 211 Å². The van der Waals surface area contributed by atoms with E-state index in [-0.39, 0.29) is 11.8 Å². The number of nitrogens with zero attached hydrogens (tertiary/aromatic N) is 1. The molecule has 3 aromatic carbocycles. The average molecular weight is 505 g/mol. The fraction of sp³-hybridized carbons (Fsp3) is 0.138. The number of halogens is 3. The normalized spacial score (nSPS) is 16.6. The van der Waals surface area contributed by atoms with Crippen molar-refractivity contribution >= 4 is 34.4 Å². The number of aromatic nitrogens is 1. The zero-order valence-corrected chi connectivity index (χ0v) is 19.5. The number of benzene rings is 3. The largest absolute Gasteiger partial charge is 0.478 e. The third kappa shape index (κ3) is 6.82. The van der Waals surface area contributed by atoms with Gasteiger partial charge in [0.2, 0.25) is 5.91 Å². The number of alkyl halides is 3. The van der Waals surface area contributed by atoms with Gasteiger partial charge >= 0.3 is 12.1 Å². The summed E-state index contributed by atoms with van der Waals surface area (Å²) in [6.45, 7) is 0. The highest BCUT2D eigenvalue weighted by Gasteiger charge is 2.43. The second-order valence-electron chi connectivity index (χ2n) is 8.54. The molecular weight excluding hydrogens is 481 g/mol. The molecule has 5 nitrogen and oxygen atoms in total. The number of carboxylic acid groups (broad SMARTS) is 1. The molecule has 0 bridgehead atoms. The minimum Gasteiger partial charge on any atom is -0.478 e. The number of fused-ring (bicyclic) bond motifs is 1.